The van der Waals surface area contributed by atoms with Gasteiger partial charge in [-0.15, -0.1) is 6.58 Å². The van der Waals surface area contributed by atoms with Crippen LogP contribution in [0.4, 0.5) is 0 Å². The van der Waals surface area contributed by atoms with Crippen LogP contribution < -0.4 is 5.32 Å². The fourth-order valence-corrected chi connectivity index (χ4v) is 1.48. The predicted octanol–water partition coefficient (Wildman–Crippen LogP) is 2.27. The number of rotatable bonds is 9. The Kier molecular flexibility index (Phi) is 9.00. The summed E-state index contributed by atoms with van der Waals surface area (Å²) < 4.78 is 0. The molecule has 0 fully saturated rings. The highest BCUT2D eigenvalue weighted by Crippen LogP contribution is 1.97. The summed E-state index contributed by atoms with van der Waals surface area (Å²) in [5.74, 6) is 0. The van der Waals surface area contributed by atoms with Crippen LogP contribution >= 0.6 is 0 Å². The van der Waals surface area contributed by atoms with Crippen molar-refractivity contribution in [2.24, 2.45) is 0 Å². The molecule has 0 aliphatic carbocycles. The molecule has 0 aromatic rings. The second-order valence-electron chi connectivity index (χ2n) is 3.98. The van der Waals surface area contributed by atoms with Crippen molar-refractivity contribution in [2.45, 2.75) is 39.2 Å². The second-order valence-corrected chi connectivity index (χ2v) is 3.98. The minimum Gasteiger partial charge on any atom is -0.314 e. The van der Waals surface area contributed by atoms with E-state index >= 15 is 0 Å². The molecule has 14 heavy (non-hydrogen) atoms. The maximum absolute atomic E-state index is 3.73. The number of unbranched alkanes of at least 4 members (excludes halogenated alkanes) is 1. The van der Waals surface area contributed by atoms with E-state index in [-0.39, 0.29) is 0 Å². The lowest BCUT2D eigenvalue weighted by atomic mass is 10.2. The zero-order valence-electron chi connectivity index (χ0n) is 10.1. The van der Waals surface area contributed by atoms with E-state index in [1.807, 2.05) is 6.08 Å². The predicted molar refractivity (Wildman–Crippen MR) is 64.7 cm³/mol. The Bertz CT molecular complexity index is 134. The summed E-state index contributed by atoms with van der Waals surface area (Å²) in [6.45, 7) is 11.6. The van der Waals surface area contributed by atoms with Gasteiger partial charge in [-0.05, 0) is 52.9 Å². The molecule has 2 nitrogen and oxygen atoms in total. The average molecular weight is 198 g/mol. The highest BCUT2D eigenvalue weighted by Gasteiger charge is 2.02. The van der Waals surface area contributed by atoms with Gasteiger partial charge in [0.25, 0.3) is 0 Å². The molecule has 1 atom stereocenters. The van der Waals surface area contributed by atoms with Gasteiger partial charge in [-0.2, -0.15) is 0 Å². The van der Waals surface area contributed by atoms with Gasteiger partial charge in [-0.25, -0.2) is 0 Å². The van der Waals surface area contributed by atoms with Gasteiger partial charge in [0.1, 0.15) is 0 Å². The lowest BCUT2D eigenvalue weighted by molar-refractivity contribution is 0.308. The molecule has 0 aromatic heterocycles. The van der Waals surface area contributed by atoms with Crippen LogP contribution in [0.2, 0.25) is 0 Å². The number of nitrogens with zero attached hydrogens (tertiary/aromatic N) is 1. The van der Waals surface area contributed by atoms with Crippen molar-refractivity contribution in [1.82, 2.24) is 10.2 Å². The van der Waals surface area contributed by atoms with Crippen molar-refractivity contribution >= 4 is 0 Å². The van der Waals surface area contributed by atoms with Crippen molar-refractivity contribution in [2.75, 3.05) is 26.7 Å². The van der Waals surface area contributed by atoms with Gasteiger partial charge in [-0.1, -0.05) is 13.0 Å². The van der Waals surface area contributed by atoms with Crippen molar-refractivity contribution in [1.29, 1.82) is 0 Å². The molecule has 0 saturated carbocycles. The molecule has 1 unspecified atom stereocenters. The molecule has 1 N–H and O–H groups in total. The molecule has 0 amide bonds. The van der Waals surface area contributed by atoms with Gasteiger partial charge >= 0.3 is 0 Å². The molecule has 0 heterocycles. The highest BCUT2D eigenvalue weighted by atomic mass is 15.1. The third-order valence-electron chi connectivity index (χ3n) is 2.44. The molecule has 0 rings (SSSR count). The molecule has 0 aromatic carbocycles. The fraction of sp³-hybridized carbons (Fsp3) is 0.833. The molecular formula is C12H26N2. The summed E-state index contributed by atoms with van der Waals surface area (Å²) in [4.78, 5) is 2.40. The maximum Gasteiger partial charge on any atom is 0.00507 e. The zero-order chi connectivity index (χ0) is 10.8. The average Bonchev–Trinajstić information content (AvgIpc) is 2.16. The highest BCUT2D eigenvalue weighted by molar-refractivity contribution is 4.67. The Hall–Kier alpha value is -0.340. The van der Waals surface area contributed by atoms with E-state index in [9.17, 15) is 0 Å². The Morgan fingerprint density at radius 3 is 2.71 bits per heavy atom. The fourth-order valence-electron chi connectivity index (χ4n) is 1.48. The van der Waals surface area contributed by atoms with E-state index in [0.717, 1.165) is 13.0 Å². The Labute approximate surface area is 89.4 Å². The van der Waals surface area contributed by atoms with Crippen molar-refractivity contribution in [3.05, 3.63) is 12.7 Å². The first-order valence-corrected chi connectivity index (χ1v) is 5.73. The lowest BCUT2D eigenvalue weighted by Crippen LogP contribution is -2.31. The van der Waals surface area contributed by atoms with E-state index in [4.69, 9.17) is 0 Å². The number of nitrogens with one attached hydrogen (secondary N) is 1. The third-order valence-corrected chi connectivity index (χ3v) is 2.44. The molecule has 2 heteroatoms. The van der Waals surface area contributed by atoms with Crippen LogP contribution in [0, 0.1) is 0 Å². The standard InChI is InChI=1S/C12H26N2/c1-5-7-8-10-14(4)11-9-12(3)13-6-2/h5,12-13H,1,6-11H2,2-4H3. The lowest BCUT2D eigenvalue weighted by Gasteiger charge is -2.19. The summed E-state index contributed by atoms with van der Waals surface area (Å²) in [6, 6.07) is 0.641. The summed E-state index contributed by atoms with van der Waals surface area (Å²) >= 11 is 0. The van der Waals surface area contributed by atoms with E-state index in [0.29, 0.717) is 6.04 Å². The van der Waals surface area contributed by atoms with E-state index < -0.39 is 0 Å². The van der Waals surface area contributed by atoms with Crippen LogP contribution in [-0.4, -0.2) is 37.6 Å². The van der Waals surface area contributed by atoms with Crippen molar-refractivity contribution < 1.29 is 0 Å². The van der Waals surface area contributed by atoms with E-state index in [1.165, 1.54) is 25.9 Å². The zero-order valence-corrected chi connectivity index (χ0v) is 10.1. The Morgan fingerprint density at radius 1 is 1.43 bits per heavy atom. The minimum absolute atomic E-state index is 0.641. The first kappa shape index (κ1) is 13.7. The molecule has 0 bridgehead atoms. The first-order chi connectivity index (χ1) is 6.70. The number of hydrogen-bond donors (Lipinski definition) is 1. The molecule has 0 saturated heterocycles. The molecule has 0 radical (unpaired) electrons. The van der Waals surface area contributed by atoms with Crippen LogP contribution in [0.5, 0.6) is 0 Å². The largest absolute Gasteiger partial charge is 0.314 e. The quantitative estimate of drug-likeness (QED) is 0.452. The minimum atomic E-state index is 0.641. The van der Waals surface area contributed by atoms with Gasteiger partial charge in [0.05, 0.1) is 0 Å². The van der Waals surface area contributed by atoms with Gasteiger partial charge in [0, 0.05) is 6.04 Å². The summed E-state index contributed by atoms with van der Waals surface area (Å²) in [5.41, 5.74) is 0. The second kappa shape index (κ2) is 9.22. The SMILES string of the molecule is C=CCCCN(C)CCC(C)NCC. The van der Waals surface area contributed by atoms with Gasteiger partial charge < -0.3 is 10.2 Å². The summed E-state index contributed by atoms with van der Waals surface area (Å²) in [6.07, 6.45) is 5.59. The van der Waals surface area contributed by atoms with E-state index in [1.54, 1.807) is 0 Å². The Morgan fingerprint density at radius 2 is 2.14 bits per heavy atom. The van der Waals surface area contributed by atoms with Crippen LogP contribution in [0.15, 0.2) is 12.7 Å². The van der Waals surface area contributed by atoms with Crippen LogP contribution in [0.3, 0.4) is 0 Å². The first-order valence-electron chi connectivity index (χ1n) is 5.73. The Balaban J connectivity index is 3.33. The van der Waals surface area contributed by atoms with Crippen LogP contribution in [0.1, 0.15) is 33.1 Å². The van der Waals surface area contributed by atoms with Gasteiger partial charge in [-0.3, -0.25) is 0 Å². The monoisotopic (exact) mass is 198 g/mol. The van der Waals surface area contributed by atoms with Gasteiger partial charge in [0.2, 0.25) is 0 Å². The number of allylic oxidation sites excluding steroid dienone is 1. The van der Waals surface area contributed by atoms with Crippen LogP contribution in [-0.2, 0) is 0 Å². The topological polar surface area (TPSA) is 15.3 Å². The summed E-state index contributed by atoms with van der Waals surface area (Å²) in [7, 11) is 2.20. The van der Waals surface area contributed by atoms with E-state index in [2.05, 4.69) is 37.7 Å². The number of hydrogen-bond acceptors (Lipinski definition) is 2. The molecular weight excluding hydrogens is 172 g/mol. The smallest absolute Gasteiger partial charge is 0.00507 e. The molecule has 0 aliphatic heterocycles. The normalized spacial score (nSPS) is 13.1. The molecule has 84 valence electrons. The van der Waals surface area contributed by atoms with Gasteiger partial charge in [0.15, 0.2) is 0 Å². The molecule has 0 spiro atoms. The van der Waals surface area contributed by atoms with Crippen LogP contribution in [0.25, 0.3) is 0 Å². The third kappa shape index (κ3) is 8.27. The van der Waals surface area contributed by atoms with Crippen molar-refractivity contribution in [3.63, 3.8) is 0 Å². The maximum atomic E-state index is 3.73. The van der Waals surface area contributed by atoms with Crippen molar-refractivity contribution in [3.8, 4) is 0 Å². The summed E-state index contributed by atoms with van der Waals surface area (Å²) in [5, 5.41) is 3.43. The molecule has 0 aliphatic rings.